The van der Waals surface area contributed by atoms with Crippen molar-refractivity contribution in [2.75, 3.05) is 20.1 Å². The number of rotatable bonds is 6. The minimum absolute atomic E-state index is 0.111. The highest BCUT2D eigenvalue weighted by molar-refractivity contribution is 5.97. The van der Waals surface area contributed by atoms with Gasteiger partial charge in [0.2, 0.25) is 0 Å². The van der Waals surface area contributed by atoms with Crippen LogP contribution in [0.4, 0.5) is 8.78 Å². The number of halogens is 2. The van der Waals surface area contributed by atoms with Gasteiger partial charge in [-0.1, -0.05) is 13.3 Å². The summed E-state index contributed by atoms with van der Waals surface area (Å²) < 4.78 is 26.2. The predicted molar refractivity (Wildman–Crippen MR) is 63.1 cm³/mol. The van der Waals surface area contributed by atoms with Crippen LogP contribution in [0.5, 0.6) is 0 Å². The molecule has 0 aromatic heterocycles. The Morgan fingerprint density at radius 3 is 2.71 bits per heavy atom. The van der Waals surface area contributed by atoms with Gasteiger partial charge in [0.1, 0.15) is 11.6 Å². The highest BCUT2D eigenvalue weighted by Crippen LogP contribution is 2.11. The number of hydrogen-bond donors (Lipinski definition) is 0. The van der Waals surface area contributed by atoms with Crippen molar-refractivity contribution in [2.24, 2.45) is 0 Å². The second-order valence-corrected chi connectivity index (χ2v) is 4.14. The third kappa shape index (κ3) is 4.23. The maximum Gasteiger partial charge on any atom is 0.179 e. The third-order valence-electron chi connectivity index (χ3n) is 2.54. The summed E-state index contributed by atoms with van der Waals surface area (Å²) in [5, 5.41) is 0. The number of hydrogen-bond acceptors (Lipinski definition) is 2. The number of nitrogens with zero attached hydrogens (tertiary/aromatic N) is 1. The molecule has 0 aliphatic heterocycles. The van der Waals surface area contributed by atoms with Gasteiger partial charge in [-0.15, -0.1) is 0 Å². The smallest absolute Gasteiger partial charge is 0.179 e. The molecule has 0 atom stereocenters. The minimum atomic E-state index is -0.666. The average molecular weight is 241 g/mol. The lowest BCUT2D eigenvalue weighted by Gasteiger charge is -2.15. The molecule has 17 heavy (non-hydrogen) atoms. The molecule has 0 N–H and O–H groups in total. The van der Waals surface area contributed by atoms with E-state index in [0.717, 1.165) is 37.6 Å². The zero-order valence-corrected chi connectivity index (χ0v) is 10.2. The summed E-state index contributed by atoms with van der Waals surface area (Å²) in [7, 11) is 1.80. The zero-order valence-electron chi connectivity index (χ0n) is 10.2. The number of benzene rings is 1. The van der Waals surface area contributed by atoms with Gasteiger partial charge in [-0.2, -0.15) is 0 Å². The van der Waals surface area contributed by atoms with Crippen molar-refractivity contribution in [3.05, 3.63) is 35.4 Å². The van der Waals surface area contributed by atoms with Crippen molar-refractivity contribution in [1.82, 2.24) is 4.90 Å². The average Bonchev–Trinajstić information content (AvgIpc) is 2.29. The van der Waals surface area contributed by atoms with Crippen molar-refractivity contribution in [3.63, 3.8) is 0 Å². The summed E-state index contributed by atoms with van der Waals surface area (Å²) in [4.78, 5) is 13.6. The number of ketones is 1. The van der Waals surface area contributed by atoms with E-state index < -0.39 is 11.6 Å². The van der Waals surface area contributed by atoms with E-state index in [1.165, 1.54) is 0 Å². The van der Waals surface area contributed by atoms with Crippen molar-refractivity contribution < 1.29 is 13.6 Å². The molecule has 0 spiro atoms. The van der Waals surface area contributed by atoms with E-state index in [0.29, 0.717) is 0 Å². The normalized spacial score (nSPS) is 10.9. The third-order valence-corrected chi connectivity index (χ3v) is 2.54. The molecule has 94 valence electrons. The largest absolute Gasteiger partial charge is 0.299 e. The fourth-order valence-corrected chi connectivity index (χ4v) is 1.55. The van der Waals surface area contributed by atoms with Crippen molar-refractivity contribution in [2.45, 2.75) is 19.8 Å². The molecule has 0 aliphatic carbocycles. The lowest BCUT2D eigenvalue weighted by atomic mass is 10.1. The van der Waals surface area contributed by atoms with E-state index in [4.69, 9.17) is 0 Å². The molecule has 0 aliphatic rings. The van der Waals surface area contributed by atoms with E-state index in [1.807, 2.05) is 4.90 Å². The molecule has 0 radical (unpaired) electrons. The SMILES string of the molecule is CCCCN(C)CC(=O)c1cc(F)ccc1F. The Hall–Kier alpha value is -1.29. The van der Waals surface area contributed by atoms with Crippen LogP contribution in [0, 0.1) is 11.6 Å². The Labute approximate surface area is 100 Å². The molecule has 0 saturated heterocycles. The highest BCUT2D eigenvalue weighted by atomic mass is 19.1. The number of Topliss-reactive ketones (excluding diaryl/α,β-unsaturated/α-hetero) is 1. The van der Waals surface area contributed by atoms with Crippen molar-refractivity contribution in [3.8, 4) is 0 Å². The molecular formula is C13H17F2NO. The quantitative estimate of drug-likeness (QED) is 0.714. The maximum atomic E-state index is 13.3. The zero-order chi connectivity index (χ0) is 12.8. The number of unbranched alkanes of at least 4 members (excludes halogenated alkanes) is 1. The predicted octanol–water partition coefficient (Wildman–Crippen LogP) is 2.88. The number of carbonyl (C=O) groups is 1. The van der Waals surface area contributed by atoms with Crippen LogP contribution in [0.15, 0.2) is 18.2 Å². The first-order valence-corrected chi connectivity index (χ1v) is 5.71. The lowest BCUT2D eigenvalue weighted by molar-refractivity contribution is 0.0941. The molecule has 2 nitrogen and oxygen atoms in total. The van der Waals surface area contributed by atoms with Gasteiger partial charge >= 0.3 is 0 Å². The topological polar surface area (TPSA) is 20.3 Å². The van der Waals surface area contributed by atoms with Crippen LogP contribution >= 0.6 is 0 Å². The molecule has 0 heterocycles. The van der Waals surface area contributed by atoms with E-state index in [1.54, 1.807) is 7.05 Å². The molecule has 0 saturated carbocycles. The van der Waals surface area contributed by atoms with Crippen molar-refractivity contribution in [1.29, 1.82) is 0 Å². The van der Waals surface area contributed by atoms with Gasteiger partial charge in [0.25, 0.3) is 0 Å². The first-order chi connectivity index (χ1) is 8.04. The molecule has 0 fully saturated rings. The van der Waals surface area contributed by atoms with Crippen LogP contribution < -0.4 is 0 Å². The van der Waals surface area contributed by atoms with Crippen molar-refractivity contribution >= 4 is 5.78 Å². The van der Waals surface area contributed by atoms with Gasteiger partial charge in [-0.3, -0.25) is 9.69 Å². The molecule has 1 aromatic carbocycles. The molecule has 0 unspecified atom stereocenters. The summed E-state index contributed by atoms with van der Waals surface area (Å²) in [6, 6.07) is 2.94. The summed E-state index contributed by atoms with van der Waals surface area (Å²) in [6.07, 6.45) is 2.02. The van der Waals surface area contributed by atoms with Crippen LogP contribution in [0.3, 0.4) is 0 Å². The summed E-state index contributed by atoms with van der Waals surface area (Å²) in [6.45, 7) is 2.95. The van der Waals surface area contributed by atoms with Crippen LogP contribution in [0.1, 0.15) is 30.1 Å². The molecule has 0 amide bonds. The Balaban J connectivity index is 2.66. The van der Waals surface area contributed by atoms with E-state index in [2.05, 4.69) is 6.92 Å². The minimum Gasteiger partial charge on any atom is -0.299 e. The van der Waals surface area contributed by atoms with Crippen LogP contribution in [0.25, 0.3) is 0 Å². The Morgan fingerprint density at radius 2 is 2.06 bits per heavy atom. The fraction of sp³-hybridized carbons (Fsp3) is 0.462. The summed E-state index contributed by atoms with van der Waals surface area (Å²) >= 11 is 0. The van der Waals surface area contributed by atoms with Gasteiger partial charge in [-0.25, -0.2) is 8.78 Å². The van der Waals surface area contributed by atoms with Gasteiger partial charge in [0.15, 0.2) is 5.78 Å². The Bertz CT molecular complexity index is 393. The van der Waals surface area contributed by atoms with Gasteiger partial charge < -0.3 is 0 Å². The number of carbonyl (C=O) groups excluding carboxylic acids is 1. The van der Waals surface area contributed by atoms with Gasteiger partial charge in [-0.05, 0) is 38.2 Å². The molecule has 1 aromatic rings. The molecule has 4 heteroatoms. The Kier molecular flexibility index (Phi) is 5.22. The highest BCUT2D eigenvalue weighted by Gasteiger charge is 2.14. The first kappa shape index (κ1) is 13.8. The van der Waals surface area contributed by atoms with E-state index in [9.17, 15) is 13.6 Å². The Morgan fingerprint density at radius 1 is 1.35 bits per heavy atom. The summed E-state index contributed by atoms with van der Waals surface area (Å²) in [5.74, 6) is -1.65. The molecule has 0 bridgehead atoms. The van der Waals surface area contributed by atoms with Crippen LogP contribution in [-0.2, 0) is 0 Å². The number of likely N-dealkylation sites (N-methyl/N-ethyl adjacent to an activating group) is 1. The first-order valence-electron chi connectivity index (χ1n) is 5.71. The summed E-state index contributed by atoms with van der Waals surface area (Å²) in [5.41, 5.74) is -0.173. The second-order valence-electron chi connectivity index (χ2n) is 4.14. The van der Waals surface area contributed by atoms with Gasteiger partial charge in [0.05, 0.1) is 12.1 Å². The van der Waals surface area contributed by atoms with Gasteiger partial charge in [0, 0.05) is 0 Å². The maximum absolute atomic E-state index is 13.3. The van der Waals surface area contributed by atoms with Crippen LogP contribution in [-0.4, -0.2) is 30.8 Å². The standard InChI is InChI=1S/C13H17F2NO/c1-3-4-7-16(2)9-13(17)11-8-10(14)5-6-12(11)15/h5-6,8H,3-4,7,9H2,1-2H3. The lowest BCUT2D eigenvalue weighted by Crippen LogP contribution is -2.27. The van der Waals surface area contributed by atoms with Crippen LogP contribution in [0.2, 0.25) is 0 Å². The molecule has 1 rings (SSSR count). The van der Waals surface area contributed by atoms with E-state index >= 15 is 0 Å². The second kappa shape index (κ2) is 6.45. The molecular weight excluding hydrogens is 224 g/mol. The van der Waals surface area contributed by atoms with E-state index in [-0.39, 0.29) is 17.9 Å². The fourth-order valence-electron chi connectivity index (χ4n) is 1.55. The monoisotopic (exact) mass is 241 g/mol.